The zero-order valence-corrected chi connectivity index (χ0v) is 18.0. The molecule has 1 fully saturated rings. The maximum atomic E-state index is 13.6. The van der Waals surface area contributed by atoms with Crippen LogP contribution in [0.25, 0.3) is 10.9 Å². The number of amides is 1. The Bertz CT molecular complexity index is 1180. The number of H-pyrrole nitrogens is 1. The van der Waals surface area contributed by atoms with E-state index in [0.717, 1.165) is 37.3 Å². The van der Waals surface area contributed by atoms with Crippen molar-refractivity contribution in [1.29, 1.82) is 0 Å². The highest BCUT2D eigenvalue weighted by molar-refractivity contribution is 6.05. The van der Waals surface area contributed by atoms with Crippen LogP contribution in [0.2, 0.25) is 0 Å². The highest BCUT2D eigenvalue weighted by Crippen LogP contribution is 2.40. The third kappa shape index (κ3) is 5.11. The number of rotatable bonds is 5. The quantitative estimate of drug-likeness (QED) is 0.392. The third-order valence-corrected chi connectivity index (χ3v) is 5.53. The van der Waals surface area contributed by atoms with Crippen molar-refractivity contribution in [2.45, 2.75) is 25.6 Å². The van der Waals surface area contributed by atoms with Gasteiger partial charge in [0.15, 0.2) is 11.7 Å². The van der Waals surface area contributed by atoms with Crippen molar-refractivity contribution in [2.24, 2.45) is 10.7 Å². The molecule has 1 aliphatic rings. The molecule has 0 spiro atoms. The monoisotopic (exact) mass is 459 g/mol. The van der Waals surface area contributed by atoms with Gasteiger partial charge in [-0.25, -0.2) is 0 Å². The number of carbonyl (C=O) groups excluding carboxylic acids is 1. The van der Waals surface area contributed by atoms with Crippen molar-refractivity contribution >= 4 is 22.8 Å². The maximum Gasteiger partial charge on any atom is 0.417 e. The van der Waals surface area contributed by atoms with Crippen LogP contribution in [-0.4, -0.2) is 41.9 Å². The summed E-state index contributed by atoms with van der Waals surface area (Å²) >= 11 is 0. The van der Waals surface area contributed by atoms with E-state index in [9.17, 15) is 18.0 Å². The number of likely N-dealkylation sites (tertiary alicyclic amines) is 1. The standard InChI is InChI=1S/C23H24F3N5O2/c1-28-22(27)30-21(32)18-12-16-17(23(24,25)26)8-9-19(20(16)29-18)33-15-6-4-14(5-7-15)13-31-10-2-3-11-31/h4-9,12,29H,2-3,10-11,13H2,1H3,(H3,27,28,30,32). The van der Waals surface area contributed by atoms with E-state index >= 15 is 0 Å². The number of aromatic nitrogens is 1. The summed E-state index contributed by atoms with van der Waals surface area (Å²) in [6, 6.07) is 10.7. The Morgan fingerprint density at radius 2 is 1.88 bits per heavy atom. The van der Waals surface area contributed by atoms with Crippen molar-refractivity contribution in [3.63, 3.8) is 0 Å². The van der Waals surface area contributed by atoms with Gasteiger partial charge in [-0.3, -0.25) is 9.69 Å². The van der Waals surface area contributed by atoms with Gasteiger partial charge in [-0.1, -0.05) is 12.1 Å². The number of aliphatic imine (C=N–C) groups is 1. The number of hydrogen-bond acceptors (Lipinski definition) is 3. The number of guanidine groups is 1. The van der Waals surface area contributed by atoms with Gasteiger partial charge in [-0.2, -0.15) is 18.2 Å². The Hall–Kier alpha value is -3.53. The SMILES string of the molecule is CNC(N)=NC(=O)c1cc2c(C(F)(F)F)ccc(Oc3ccc(CN4CCCC4)cc3)c2[nH]1. The number of carbonyl (C=O) groups is 1. The molecule has 4 N–H and O–H groups in total. The molecule has 1 aromatic heterocycles. The minimum atomic E-state index is -4.61. The average Bonchev–Trinajstić information content (AvgIpc) is 3.44. The molecule has 2 heterocycles. The zero-order valence-electron chi connectivity index (χ0n) is 18.0. The van der Waals surface area contributed by atoms with E-state index in [1.165, 1.54) is 26.0 Å². The van der Waals surface area contributed by atoms with E-state index in [1.807, 2.05) is 12.1 Å². The number of alkyl halides is 3. The summed E-state index contributed by atoms with van der Waals surface area (Å²) in [5, 5.41) is 2.30. The Balaban J connectivity index is 1.65. The molecule has 10 heteroatoms. The number of ether oxygens (including phenoxy) is 1. The van der Waals surface area contributed by atoms with Crippen LogP contribution in [0.1, 0.15) is 34.5 Å². The second-order valence-corrected chi connectivity index (χ2v) is 7.86. The fraction of sp³-hybridized carbons (Fsp3) is 0.304. The summed E-state index contributed by atoms with van der Waals surface area (Å²) in [5.41, 5.74) is 5.66. The molecule has 1 amide bonds. The number of nitrogens with one attached hydrogen (secondary N) is 2. The van der Waals surface area contributed by atoms with Gasteiger partial charge in [0.05, 0.1) is 11.1 Å². The number of nitrogens with zero attached hydrogens (tertiary/aromatic N) is 2. The Kier molecular flexibility index (Phi) is 6.28. The lowest BCUT2D eigenvalue weighted by Gasteiger charge is -2.15. The molecule has 3 aromatic rings. The topological polar surface area (TPSA) is 95.7 Å². The first-order chi connectivity index (χ1) is 15.7. The largest absolute Gasteiger partial charge is 0.455 e. The van der Waals surface area contributed by atoms with E-state index in [-0.39, 0.29) is 28.3 Å². The summed E-state index contributed by atoms with van der Waals surface area (Å²) < 4.78 is 46.6. The fourth-order valence-electron chi connectivity index (χ4n) is 3.86. The second-order valence-electron chi connectivity index (χ2n) is 7.86. The summed E-state index contributed by atoms with van der Waals surface area (Å²) in [4.78, 5) is 21.0. The summed E-state index contributed by atoms with van der Waals surface area (Å²) in [6.45, 7) is 3.02. The van der Waals surface area contributed by atoms with Gasteiger partial charge >= 0.3 is 6.18 Å². The molecule has 0 saturated carbocycles. The number of hydrogen-bond donors (Lipinski definition) is 3. The second kappa shape index (κ2) is 9.14. The minimum Gasteiger partial charge on any atom is -0.455 e. The Morgan fingerprint density at radius 3 is 2.52 bits per heavy atom. The van der Waals surface area contributed by atoms with Crippen LogP contribution in [0.15, 0.2) is 47.5 Å². The first-order valence-electron chi connectivity index (χ1n) is 10.5. The number of aromatic amines is 1. The molecule has 1 saturated heterocycles. The molecule has 0 atom stereocenters. The molecule has 4 rings (SSSR count). The van der Waals surface area contributed by atoms with Crippen molar-refractivity contribution in [1.82, 2.24) is 15.2 Å². The summed E-state index contributed by atoms with van der Waals surface area (Å²) in [7, 11) is 1.47. The van der Waals surface area contributed by atoms with E-state index in [0.29, 0.717) is 5.75 Å². The molecule has 1 aliphatic heterocycles. The fourth-order valence-corrected chi connectivity index (χ4v) is 3.86. The minimum absolute atomic E-state index is 0.0487. The van der Waals surface area contributed by atoms with E-state index in [1.54, 1.807) is 12.1 Å². The molecule has 7 nitrogen and oxygen atoms in total. The smallest absolute Gasteiger partial charge is 0.417 e. The van der Waals surface area contributed by atoms with Gasteiger partial charge in [0.25, 0.3) is 5.91 Å². The van der Waals surface area contributed by atoms with Crippen molar-refractivity contribution in [3.05, 3.63) is 59.3 Å². The number of fused-ring (bicyclic) bond motifs is 1. The number of benzene rings is 2. The molecular weight excluding hydrogens is 435 g/mol. The maximum absolute atomic E-state index is 13.6. The molecule has 33 heavy (non-hydrogen) atoms. The van der Waals surface area contributed by atoms with Gasteiger partial charge in [0.2, 0.25) is 0 Å². The Labute approximate surface area is 188 Å². The van der Waals surface area contributed by atoms with Gasteiger partial charge < -0.3 is 20.8 Å². The predicted octanol–water partition coefficient (Wildman–Crippen LogP) is 4.25. The van der Waals surface area contributed by atoms with Gasteiger partial charge in [0.1, 0.15) is 11.4 Å². The van der Waals surface area contributed by atoms with Gasteiger partial charge in [-0.15, -0.1) is 0 Å². The summed E-state index contributed by atoms with van der Waals surface area (Å²) in [6.07, 6.45) is -2.19. The molecule has 0 aliphatic carbocycles. The van der Waals surface area contributed by atoms with E-state index in [4.69, 9.17) is 10.5 Å². The van der Waals surface area contributed by atoms with Crippen LogP contribution >= 0.6 is 0 Å². The third-order valence-electron chi connectivity index (χ3n) is 5.53. The first-order valence-corrected chi connectivity index (χ1v) is 10.5. The molecule has 0 bridgehead atoms. The number of halogens is 3. The molecule has 0 unspecified atom stereocenters. The average molecular weight is 459 g/mol. The molecule has 174 valence electrons. The highest BCUT2D eigenvalue weighted by atomic mass is 19.4. The zero-order chi connectivity index (χ0) is 23.6. The molecular formula is C23H24F3N5O2. The van der Waals surface area contributed by atoms with Crippen LogP contribution < -0.4 is 15.8 Å². The van der Waals surface area contributed by atoms with Crippen LogP contribution in [0.3, 0.4) is 0 Å². The normalized spacial score (nSPS) is 15.2. The summed E-state index contributed by atoms with van der Waals surface area (Å²) in [5.74, 6) is -0.320. The predicted molar refractivity (Wildman–Crippen MR) is 119 cm³/mol. The van der Waals surface area contributed by atoms with E-state index < -0.39 is 17.6 Å². The number of nitrogens with two attached hydrogens (primary N) is 1. The Morgan fingerprint density at radius 1 is 1.18 bits per heavy atom. The lowest BCUT2D eigenvalue weighted by molar-refractivity contribution is -0.136. The lowest BCUT2D eigenvalue weighted by Crippen LogP contribution is -2.28. The van der Waals surface area contributed by atoms with Gasteiger partial charge in [-0.05, 0) is 61.8 Å². The van der Waals surface area contributed by atoms with Crippen LogP contribution in [0.5, 0.6) is 11.5 Å². The van der Waals surface area contributed by atoms with Gasteiger partial charge in [0, 0.05) is 19.0 Å². The molecule has 2 aromatic carbocycles. The highest BCUT2D eigenvalue weighted by Gasteiger charge is 2.34. The lowest BCUT2D eigenvalue weighted by atomic mass is 10.1. The molecule has 0 radical (unpaired) electrons. The van der Waals surface area contributed by atoms with Crippen LogP contribution in [0, 0.1) is 0 Å². The van der Waals surface area contributed by atoms with E-state index in [2.05, 4.69) is 20.2 Å². The van der Waals surface area contributed by atoms with Crippen molar-refractivity contribution in [3.8, 4) is 11.5 Å². The van der Waals surface area contributed by atoms with Crippen molar-refractivity contribution < 1.29 is 22.7 Å². The van der Waals surface area contributed by atoms with Crippen LogP contribution in [0.4, 0.5) is 13.2 Å². The van der Waals surface area contributed by atoms with Crippen molar-refractivity contribution in [2.75, 3.05) is 20.1 Å². The van der Waals surface area contributed by atoms with Crippen LogP contribution in [-0.2, 0) is 12.7 Å². The first kappa shape index (κ1) is 22.7.